The molecule has 0 aliphatic rings. The zero-order chi connectivity index (χ0) is 25.4. The van der Waals surface area contributed by atoms with Crippen molar-refractivity contribution < 1.29 is 0 Å². The number of rotatable bonds is 7. The molecule has 1 N–H and O–H groups in total. The van der Waals surface area contributed by atoms with Gasteiger partial charge in [-0.15, -0.1) is 5.10 Å². The van der Waals surface area contributed by atoms with Crippen molar-refractivity contribution in [1.29, 1.82) is 0 Å². The molecule has 0 unspecified atom stereocenters. The lowest BCUT2D eigenvalue weighted by Gasteiger charge is -2.16. The second-order valence-electron chi connectivity index (χ2n) is 8.03. The van der Waals surface area contributed by atoms with E-state index in [2.05, 4.69) is 30.9 Å². The first-order valence-corrected chi connectivity index (χ1v) is 11.7. The van der Waals surface area contributed by atoms with E-state index in [4.69, 9.17) is 23.2 Å². The topological polar surface area (TPSA) is 130 Å². The highest BCUT2D eigenvalue weighted by atomic mass is 35.5. The molecule has 0 saturated heterocycles. The zero-order valence-electron chi connectivity index (χ0n) is 19.3. The van der Waals surface area contributed by atoms with Crippen LogP contribution in [0, 0.1) is 0 Å². The van der Waals surface area contributed by atoms with Crippen LogP contribution >= 0.6 is 23.2 Å². The molecule has 0 fully saturated rings. The summed E-state index contributed by atoms with van der Waals surface area (Å²) in [7, 11) is 1.81. The third-order valence-corrected chi connectivity index (χ3v) is 6.13. The molecule has 0 aliphatic carbocycles. The number of nitrogens with one attached hydrogen (secondary N) is 1. The van der Waals surface area contributed by atoms with Gasteiger partial charge in [0.05, 0.1) is 29.3 Å². The third-order valence-electron chi connectivity index (χ3n) is 5.56. The third kappa shape index (κ3) is 4.60. The normalized spacial score (nSPS) is 11.3. The van der Waals surface area contributed by atoms with Crippen LogP contribution in [0.5, 0.6) is 0 Å². The summed E-state index contributed by atoms with van der Waals surface area (Å²) in [6, 6.07) is 10.5. The fraction of sp³-hybridized carbons (Fsp3) is 0.227. The summed E-state index contributed by atoms with van der Waals surface area (Å²) in [5.74, 6) is 0.402. The number of halogens is 2. The van der Waals surface area contributed by atoms with Gasteiger partial charge < -0.3 is 5.32 Å². The fourth-order valence-corrected chi connectivity index (χ4v) is 4.12. The van der Waals surface area contributed by atoms with Gasteiger partial charge in [-0.05, 0) is 47.2 Å². The second kappa shape index (κ2) is 9.55. The lowest BCUT2D eigenvalue weighted by Crippen LogP contribution is -2.43. The number of benzene rings is 2. The van der Waals surface area contributed by atoms with Gasteiger partial charge in [0.2, 0.25) is 5.95 Å². The van der Waals surface area contributed by atoms with Crippen LogP contribution in [0.15, 0.2) is 52.2 Å². The van der Waals surface area contributed by atoms with Gasteiger partial charge in [0.1, 0.15) is 0 Å². The van der Waals surface area contributed by atoms with Crippen molar-refractivity contribution in [2.24, 2.45) is 7.05 Å². The van der Waals surface area contributed by atoms with Gasteiger partial charge in [0, 0.05) is 30.2 Å². The molecular weight excluding hydrogens is 507 g/mol. The Hall–Kier alpha value is -4.03. The molecule has 0 saturated carbocycles. The van der Waals surface area contributed by atoms with Crippen molar-refractivity contribution in [3.63, 3.8) is 0 Å². The maximum absolute atomic E-state index is 13.6. The first-order chi connectivity index (χ1) is 17.3. The Bertz CT molecular complexity index is 1680. The summed E-state index contributed by atoms with van der Waals surface area (Å²) in [5.41, 5.74) is 0.629. The maximum atomic E-state index is 13.6. The Labute approximate surface area is 213 Å². The van der Waals surface area contributed by atoms with Crippen LogP contribution in [-0.2, 0) is 26.7 Å². The predicted molar refractivity (Wildman–Crippen MR) is 135 cm³/mol. The van der Waals surface area contributed by atoms with Gasteiger partial charge in [-0.2, -0.15) is 10.1 Å². The summed E-state index contributed by atoms with van der Waals surface area (Å²) >= 11 is 12.5. The summed E-state index contributed by atoms with van der Waals surface area (Å²) in [4.78, 5) is 30.8. The molecular formula is C22H20Cl2N10O2. The minimum absolute atomic E-state index is 0.0384. The summed E-state index contributed by atoms with van der Waals surface area (Å²) in [6.45, 7) is 2.33. The number of tetrazole rings is 1. The van der Waals surface area contributed by atoms with Gasteiger partial charge in [-0.3, -0.25) is 9.25 Å². The van der Waals surface area contributed by atoms with Crippen molar-refractivity contribution in [1.82, 2.24) is 44.1 Å². The molecule has 12 nitrogen and oxygen atoms in total. The Kier molecular flexibility index (Phi) is 6.29. The molecule has 184 valence electrons. The number of aryl methyl sites for hydroxylation is 2. The van der Waals surface area contributed by atoms with Gasteiger partial charge in [0.15, 0.2) is 5.82 Å². The highest BCUT2D eigenvalue weighted by Gasteiger charge is 2.18. The van der Waals surface area contributed by atoms with Gasteiger partial charge >= 0.3 is 11.4 Å². The monoisotopic (exact) mass is 526 g/mol. The predicted octanol–water partition coefficient (Wildman–Crippen LogP) is 2.45. The van der Waals surface area contributed by atoms with Crippen LogP contribution in [0.2, 0.25) is 10.0 Å². The number of anilines is 2. The van der Waals surface area contributed by atoms with Crippen LogP contribution in [-0.4, -0.2) is 44.1 Å². The number of nitrogens with zero attached hydrogens (tertiary/aromatic N) is 9. The Morgan fingerprint density at radius 1 is 1.03 bits per heavy atom. The number of aromatic nitrogens is 9. The smallest absolute Gasteiger partial charge is 0.324 e. The molecule has 0 spiro atoms. The molecule has 0 aliphatic heterocycles. The fourth-order valence-electron chi connectivity index (χ4n) is 3.78. The van der Waals surface area contributed by atoms with E-state index in [1.165, 1.54) is 9.25 Å². The van der Waals surface area contributed by atoms with E-state index in [0.717, 1.165) is 15.5 Å². The lowest BCUT2D eigenvalue weighted by molar-refractivity contribution is 0.537. The van der Waals surface area contributed by atoms with Crippen molar-refractivity contribution >= 4 is 45.7 Å². The Morgan fingerprint density at radius 3 is 2.56 bits per heavy atom. The van der Waals surface area contributed by atoms with Gasteiger partial charge in [0.25, 0.3) is 0 Å². The Balaban J connectivity index is 1.61. The van der Waals surface area contributed by atoms with Crippen molar-refractivity contribution in [2.75, 3.05) is 5.32 Å². The summed E-state index contributed by atoms with van der Waals surface area (Å²) in [6.07, 6.45) is 1.83. The summed E-state index contributed by atoms with van der Waals surface area (Å²) in [5, 5.41) is 20.6. The average Bonchev–Trinajstić information content (AvgIpc) is 3.45. The van der Waals surface area contributed by atoms with E-state index in [1.807, 2.05) is 13.1 Å². The van der Waals surface area contributed by atoms with Crippen molar-refractivity contribution in [3.8, 4) is 0 Å². The van der Waals surface area contributed by atoms with E-state index in [1.54, 1.807) is 48.1 Å². The summed E-state index contributed by atoms with van der Waals surface area (Å²) < 4.78 is 5.52. The molecule has 0 bridgehead atoms. The number of fused-ring (bicyclic) bond motifs is 1. The molecule has 3 heterocycles. The van der Waals surface area contributed by atoms with Crippen LogP contribution in [0.3, 0.4) is 0 Å². The molecule has 5 aromatic rings. The van der Waals surface area contributed by atoms with Crippen LogP contribution in [0.4, 0.5) is 11.6 Å². The Morgan fingerprint density at radius 2 is 1.81 bits per heavy atom. The minimum Gasteiger partial charge on any atom is -0.324 e. The van der Waals surface area contributed by atoms with Crippen LogP contribution < -0.4 is 16.7 Å². The molecule has 5 rings (SSSR count). The molecule has 0 atom stereocenters. The van der Waals surface area contributed by atoms with E-state index in [0.29, 0.717) is 33.6 Å². The molecule has 14 heteroatoms. The molecule has 3 aromatic heterocycles. The highest BCUT2D eigenvalue weighted by molar-refractivity contribution is 6.34. The molecule has 0 amide bonds. The number of hydrogen-bond donors (Lipinski definition) is 1. The standard InChI is InChI=1S/C22H20Cl2N10O2/c1-3-34-19(27-29-30-34)12-33-21(35)26-20(32(22(33)36)10-13-4-6-15(23)7-5-13)25-18-8-14-11-31(2)28-17(14)9-16(18)24/h4-9,11H,3,10,12H2,1-2H3,(H,25,26,35). The minimum atomic E-state index is -0.751. The van der Waals surface area contributed by atoms with E-state index in [9.17, 15) is 9.59 Å². The molecule has 36 heavy (non-hydrogen) atoms. The van der Waals surface area contributed by atoms with Gasteiger partial charge in [-0.1, -0.05) is 35.3 Å². The van der Waals surface area contributed by atoms with Crippen molar-refractivity contribution in [3.05, 3.63) is 85.0 Å². The van der Waals surface area contributed by atoms with E-state index in [-0.39, 0.29) is 19.0 Å². The largest absolute Gasteiger partial charge is 0.355 e. The van der Waals surface area contributed by atoms with E-state index >= 15 is 0 Å². The first-order valence-electron chi connectivity index (χ1n) is 10.9. The van der Waals surface area contributed by atoms with Gasteiger partial charge in [-0.25, -0.2) is 18.8 Å². The second-order valence-corrected chi connectivity index (χ2v) is 8.87. The van der Waals surface area contributed by atoms with Crippen LogP contribution in [0.25, 0.3) is 10.9 Å². The SMILES string of the molecule is CCn1nnnc1Cn1c(=O)nc(Nc2cc3cn(C)nc3cc2Cl)n(Cc2ccc(Cl)cc2)c1=O. The zero-order valence-corrected chi connectivity index (χ0v) is 20.8. The quantitative estimate of drug-likeness (QED) is 0.342. The van der Waals surface area contributed by atoms with Crippen LogP contribution in [0.1, 0.15) is 18.3 Å². The molecule has 0 radical (unpaired) electrons. The van der Waals surface area contributed by atoms with E-state index < -0.39 is 11.4 Å². The molecule has 2 aromatic carbocycles. The first kappa shape index (κ1) is 23.7. The highest BCUT2D eigenvalue weighted by Crippen LogP contribution is 2.29. The lowest BCUT2D eigenvalue weighted by atomic mass is 10.2. The maximum Gasteiger partial charge on any atom is 0.355 e. The number of hydrogen-bond acceptors (Lipinski definition) is 8. The van der Waals surface area contributed by atoms with Crippen molar-refractivity contribution in [2.45, 2.75) is 26.6 Å². The average molecular weight is 527 g/mol.